The van der Waals surface area contributed by atoms with Gasteiger partial charge in [0, 0.05) is 10.0 Å². The molecule has 0 unspecified atom stereocenters. The summed E-state index contributed by atoms with van der Waals surface area (Å²) in [6.45, 7) is 6.44. The van der Waals surface area contributed by atoms with Crippen molar-refractivity contribution in [2.75, 3.05) is 0 Å². The Hall–Kier alpha value is -0.730. The Labute approximate surface area is 123 Å². The molecule has 1 saturated carbocycles. The number of halogens is 2. The van der Waals surface area contributed by atoms with E-state index in [0.717, 1.165) is 0 Å². The van der Waals surface area contributed by atoms with E-state index >= 15 is 0 Å². The van der Waals surface area contributed by atoms with Crippen molar-refractivity contribution in [3.05, 3.63) is 33.8 Å². The molecule has 0 amide bonds. The second-order valence-corrected chi connectivity index (χ2v) is 7.33. The third-order valence-corrected chi connectivity index (χ3v) is 4.82. The number of rotatable bonds is 2. The third kappa shape index (κ3) is 2.48. The van der Waals surface area contributed by atoms with Gasteiger partial charge >= 0.3 is 5.97 Å². The minimum absolute atomic E-state index is 0.123. The van der Waals surface area contributed by atoms with Crippen LogP contribution in [0.3, 0.4) is 0 Å². The maximum absolute atomic E-state index is 11.7. The van der Waals surface area contributed by atoms with Gasteiger partial charge in [0.15, 0.2) is 0 Å². The molecule has 1 aromatic carbocycles. The van der Waals surface area contributed by atoms with E-state index in [1.165, 1.54) is 0 Å². The Kier molecular flexibility index (Phi) is 3.61. The summed E-state index contributed by atoms with van der Waals surface area (Å²) in [7, 11) is 0. The van der Waals surface area contributed by atoms with Gasteiger partial charge in [0.1, 0.15) is 0 Å². The van der Waals surface area contributed by atoms with Crippen LogP contribution in [0.2, 0.25) is 10.0 Å². The van der Waals surface area contributed by atoms with Crippen molar-refractivity contribution in [3.8, 4) is 0 Å². The molecule has 0 aromatic heterocycles. The average Bonchev–Trinajstić information content (AvgIpc) is 2.16. The third-order valence-electron chi connectivity index (χ3n) is 4.27. The van der Waals surface area contributed by atoms with E-state index in [1.54, 1.807) is 18.2 Å². The topological polar surface area (TPSA) is 37.3 Å². The van der Waals surface area contributed by atoms with Gasteiger partial charge in [-0.1, -0.05) is 50.0 Å². The number of hydrogen-bond donors (Lipinski definition) is 1. The van der Waals surface area contributed by atoms with Gasteiger partial charge in [-0.25, -0.2) is 0 Å². The number of carboxylic acids is 1. The predicted octanol–water partition coefficient (Wildman–Crippen LogP) is 4.77. The van der Waals surface area contributed by atoms with Gasteiger partial charge in [-0.3, -0.25) is 4.79 Å². The van der Waals surface area contributed by atoms with Crippen LogP contribution < -0.4 is 0 Å². The molecule has 1 aliphatic rings. The molecule has 0 radical (unpaired) electrons. The van der Waals surface area contributed by atoms with Crippen LogP contribution in [0.4, 0.5) is 0 Å². The van der Waals surface area contributed by atoms with Gasteiger partial charge in [-0.15, -0.1) is 0 Å². The summed E-state index contributed by atoms with van der Waals surface area (Å²) in [5.74, 6) is -0.396. The summed E-state index contributed by atoms with van der Waals surface area (Å²) in [4.78, 5) is 11.7. The van der Waals surface area contributed by atoms with E-state index in [0.29, 0.717) is 34.4 Å². The lowest BCUT2D eigenvalue weighted by molar-refractivity contribution is -0.152. The summed E-state index contributed by atoms with van der Waals surface area (Å²) in [6, 6.07) is 5.07. The van der Waals surface area contributed by atoms with Crippen LogP contribution in [-0.4, -0.2) is 11.1 Å². The normalized spacial score (nSPS) is 26.9. The number of hydrogen-bond acceptors (Lipinski definition) is 1. The van der Waals surface area contributed by atoms with Crippen LogP contribution in [-0.2, 0) is 10.2 Å². The summed E-state index contributed by atoms with van der Waals surface area (Å²) < 4.78 is 0. The molecular weight excluding hydrogens is 283 g/mol. The molecule has 0 heterocycles. The second kappa shape index (κ2) is 4.68. The van der Waals surface area contributed by atoms with Crippen LogP contribution in [0.1, 0.15) is 39.2 Å². The SMILES string of the molecule is CC(C)(C)C1CC(C(=O)O)(c2ccc(Cl)cc2Cl)C1. The highest BCUT2D eigenvalue weighted by atomic mass is 35.5. The van der Waals surface area contributed by atoms with Crippen LogP contribution in [0, 0.1) is 11.3 Å². The van der Waals surface area contributed by atoms with Crippen LogP contribution in [0.5, 0.6) is 0 Å². The Morgan fingerprint density at radius 3 is 2.32 bits per heavy atom. The molecule has 4 heteroatoms. The lowest BCUT2D eigenvalue weighted by Gasteiger charge is -2.50. The fraction of sp³-hybridized carbons (Fsp3) is 0.533. The molecule has 2 rings (SSSR count). The molecule has 1 N–H and O–H groups in total. The lowest BCUT2D eigenvalue weighted by Crippen LogP contribution is -2.51. The summed E-state index contributed by atoms with van der Waals surface area (Å²) in [6.07, 6.45) is 1.26. The Morgan fingerprint density at radius 1 is 1.32 bits per heavy atom. The molecule has 0 atom stereocenters. The van der Waals surface area contributed by atoms with Gasteiger partial charge in [0.2, 0.25) is 0 Å². The molecule has 2 nitrogen and oxygen atoms in total. The van der Waals surface area contributed by atoms with Crippen LogP contribution in [0.25, 0.3) is 0 Å². The number of carbonyl (C=O) groups is 1. The zero-order chi connectivity index (χ0) is 14.4. The quantitative estimate of drug-likeness (QED) is 0.854. The lowest BCUT2D eigenvalue weighted by atomic mass is 9.52. The van der Waals surface area contributed by atoms with E-state index in [9.17, 15) is 9.90 Å². The van der Waals surface area contributed by atoms with Crippen molar-refractivity contribution in [1.82, 2.24) is 0 Å². The van der Waals surface area contributed by atoms with Crippen molar-refractivity contribution in [1.29, 1.82) is 0 Å². The molecule has 1 aliphatic carbocycles. The first kappa shape index (κ1) is 14.7. The van der Waals surface area contributed by atoms with E-state index < -0.39 is 11.4 Å². The number of carboxylic acid groups (broad SMARTS) is 1. The monoisotopic (exact) mass is 300 g/mol. The maximum Gasteiger partial charge on any atom is 0.314 e. The molecule has 1 aromatic rings. The van der Waals surface area contributed by atoms with Gasteiger partial charge in [-0.2, -0.15) is 0 Å². The van der Waals surface area contributed by atoms with Gasteiger partial charge in [0.05, 0.1) is 5.41 Å². The molecule has 0 bridgehead atoms. The van der Waals surface area contributed by atoms with Crippen molar-refractivity contribution in [2.45, 2.75) is 39.0 Å². The van der Waals surface area contributed by atoms with Gasteiger partial charge in [-0.05, 0) is 41.9 Å². The minimum atomic E-state index is -0.848. The van der Waals surface area contributed by atoms with Gasteiger partial charge in [0.25, 0.3) is 0 Å². The fourth-order valence-corrected chi connectivity index (χ4v) is 3.37. The minimum Gasteiger partial charge on any atom is -0.481 e. The van der Waals surface area contributed by atoms with Gasteiger partial charge < -0.3 is 5.11 Å². The standard InChI is InChI=1S/C15H18Cl2O2/c1-14(2,3)9-7-15(8-9,13(18)19)11-5-4-10(16)6-12(11)17/h4-6,9H,7-8H2,1-3H3,(H,18,19). The highest BCUT2D eigenvalue weighted by Crippen LogP contribution is 2.55. The average molecular weight is 301 g/mol. The second-order valence-electron chi connectivity index (χ2n) is 6.48. The maximum atomic E-state index is 11.7. The highest BCUT2D eigenvalue weighted by Gasteiger charge is 2.55. The van der Waals surface area contributed by atoms with E-state index in [-0.39, 0.29) is 5.41 Å². The van der Waals surface area contributed by atoms with Crippen molar-refractivity contribution in [2.24, 2.45) is 11.3 Å². The summed E-state index contributed by atoms with van der Waals surface area (Å²) in [5, 5.41) is 10.6. The van der Waals surface area contributed by atoms with E-state index in [1.807, 2.05) is 0 Å². The first-order valence-electron chi connectivity index (χ1n) is 6.36. The Morgan fingerprint density at radius 2 is 1.89 bits per heavy atom. The van der Waals surface area contributed by atoms with Crippen molar-refractivity contribution >= 4 is 29.2 Å². The molecule has 0 spiro atoms. The van der Waals surface area contributed by atoms with Crippen molar-refractivity contribution in [3.63, 3.8) is 0 Å². The molecule has 1 fully saturated rings. The Bertz CT molecular complexity index is 511. The molecule has 19 heavy (non-hydrogen) atoms. The largest absolute Gasteiger partial charge is 0.481 e. The van der Waals surface area contributed by atoms with Crippen LogP contribution >= 0.6 is 23.2 Å². The highest BCUT2D eigenvalue weighted by molar-refractivity contribution is 6.35. The Balaban J connectivity index is 2.36. The van der Waals surface area contributed by atoms with E-state index in [2.05, 4.69) is 20.8 Å². The predicted molar refractivity (Wildman–Crippen MR) is 78.0 cm³/mol. The number of aliphatic carboxylic acids is 1. The summed E-state index contributed by atoms with van der Waals surface area (Å²) >= 11 is 12.1. The number of benzene rings is 1. The fourth-order valence-electron chi connectivity index (χ4n) is 2.78. The molecule has 0 aliphatic heterocycles. The first-order chi connectivity index (χ1) is 8.67. The molecule has 0 saturated heterocycles. The summed E-state index contributed by atoms with van der Waals surface area (Å²) in [5.41, 5.74) is -0.0381. The molecule has 104 valence electrons. The zero-order valence-corrected chi connectivity index (χ0v) is 12.8. The van der Waals surface area contributed by atoms with E-state index in [4.69, 9.17) is 23.2 Å². The molecular formula is C15H18Cl2O2. The first-order valence-corrected chi connectivity index (χ1v) is 7.11. The zero-order valence-electron chi connectivity index (χ0n) is 11.3. The smallest absolute Gasteiger partial charge is 0.314 e. The van der Waals surface area contributed by atoms with Crippen molar-refractivity contribution < 1.29 is 9.90 Å². The van der Waals surface area contributed by atoms with Crippen LogP contribution in [0.15, 0.2) is 18.2 Å².